The van der Waals surface area contributed by atoms with E-state index in [0.29, 0.717) is 16.8 Å². The molecule has 0 radical (unpaired) electrons. The number of hydrogen-bond donors (Lipinski definition) is 1. The first kappa shape index (κ1) is 21.4. The second-order valence-corrected chi connectivity index (χ2v) is 8.40. The Morgan fingerprint density at radius 3 is 2.59 bits per heavy atom. The largest absolute Gasteiger partial charge is 0.417 e. The zero-order valence-electron chi connectivity index (χ0n) is 16.3. The lowest BCUT2D eigenvalue weighted by Gasteiger charge is -2.38. The van der Waals surface area contributed by atoms with Gasteiger partial charge in [-0.05, 0) is 48.4 Å². The van der Waals surface area contributed by atoms with Crippen molar-refractivity contribution in [2.24, 2.45) is 15.9 Å². The van der Waals surface area contributed by atoms with Crippen LogP contribution >= 0.6 is 0 Å². The van der Waals surface area contributed by atoms with E-state index in [1.165, 1.54) is 30.5 Å². The van der Waals surface area contributed by atoms with Crippen LogP contribution in [0.4, 0.5) is 17.6 Å². The van der Waals surface area contributed by atoms with E-state index in [-0.39, 0.29) is 18.1 Å². The molecule has 2 heterocycles. The van der Waals surface area contributed by atoms with Crippen LogP contribution in [0.15, 0.2) is 40.0 Å². The van der Waals surface area contributed by atoms with Gasteiger partial charge in [-0.3, -0.25) is 9.79 Å². The summed E-state index contributed by atoms with van der Waals surface area (Å²) in [5.74, 6) is -1.40. The fraction of sp³-hybridized carbons (Fsp3) is 0.476. The van der Waals surface area contributed by atoms with Gasteiger partial charge in [0.2, 0.25) is 0 Å². The van der Waals surface area contributed by atoms with Gasteiger partial charge in [-0.15, -0.1) is 0 Å². The third-order valence-electron chi connectivity index (χ3n) is 5.46. The molecule has 156 valence electrons. The molecule has 1 amide bonds. The summed E-state index contributed by atoms with van der Waals surface area (Å²) in [4.78, 5) is 19.1. The minimum atomic E-state index is -4.92. The number of dihydropyridines is 1. The van der Waals surface area contributed by atoms with E-state index in [4.69, 9.17) is 0 Å². The monoisotopic (exact) mass is 410 g/mol. The number of aliphatic hydroxyl groups is 1. The Morgan fingerprint density at radius 2 is 1.93 bits per heavy atom. The Bertz CT molecular complexity index is 931. The van der Waals surface area contributed by atoms with Crippen LogP contribution in [0.5, 0.6) is 0 Å². The van der Waals surface area contributed by atoms with Gasteiger partial charge in [0.05, 0.1) is 5.70 Å². The third-order valence-corrected chi connectivity index (χ3v) is 5.46. The van der Waals surface area contributed by atoms with Crippen molar-refractivity contribution < 1.29 is 27.5 Å². The van der Waals surface area contributed by atoms with E-state index in [2.05, 4.69) is 9.98 Å². The second-order valence-electron chi connectivity index (χ2n) is 8.40. The molecule has 2 aliphatic heterocycles. The fourth-order valence-corrected chi connectivity index (χ4v) is 4.13. The van der Waals surface area contributed by atoms with E-state index in [0.717, 1.165) is 0 Å². The lowest BCUT2D eigenvalue weighted by atomic mass is 9.72. The molecule has 4 nitrogen and oxygen atoms in total. The molecule has 2 unspecified atom stereocenters. The number of rotatable bonds is 5. The molecule has 1 aromatic rings. The highest BCUT2D eigenvalue weighted by Gasteiger charge is 2.56. The maximum Gasteiger partial charge on any atom is 0.417 e. The van der Waals surface area contributed by atoms with E-state index < -0.39 is 41.8 Å². The van der Waals surface area contributed by atoms with Crippen LogP contribution < -0.4 is 0 Å². The summed E-state index contributed by atoms with van der Waals surface area (Å²) >= 11 is 0. The SMILES string of the molecule is Cc1ccc(F)cc1C(C)(C)CC(O)(CC1=NC2=CC(=O)N=CC2C1)C(F)(F)F. The summed E-state index contributed by atoms with van der Waals surface area (Å²) in [6.07, 6.45) is -3.56. The van der Waals surface area contributed by atoms with E-state index >= 15 is 0 Å². The predicted octanol–water partition coefficient (Wildman–Crippen LogP) is 4.44. The van der Waals surface area contributed by atoms with Gasteiger partial charge in [0, 0.05) is 30.3 Å². The van der Waals surface area contributed by atoms with Crippen LogP contribution in [-0.4, -0.2) is 34.7 Å². The lowest BCUT2D eigenvalue weighted by molar-refractivity contribution is -0.263. The summed E-state index contributed by atoms with van der Waals surface area (Å²) in [7, 11) is 0. The Morgan fingerprint density at radius 1 is 1.24 bits per heavy atom. The molecule has 29 heavy (non-hydrogen) atoms. The number of nitrogens with zero attached hydrogens (tertiary/aromatic N) is 2. The first-order valence-corrected chi connectivity index (χ1v) is 9.23. The zero-order valence-corrected chi connectivity index (χ0v) is 16.3. The highest BCUT2D eigenvalue weighted by atomic mass is 19.4. The van der Waals surface area contributed by atoms with Gasteiger partial charge in [-0.2, -0.15) is 13.2 Å². The standard InChI is InChI=1S/C21H22F4N2O2/c1-12-4-5-14(22)7-16(12)19(2,3)11-20(29,21(23,24)25)9-15-6-13-10-26-18(28)8-17(13)27-15/h4-5,7-8,10,13,29H,6,9,11H2,1-3H3. The van der Waals surface area contributed by atoms with Crippen molar-refractivity contribution in [2.75, 3.05) is 0 Å². The van der Waals surface area contributed by atoms with Crippen molar-refractivity contribution in [2.45, 2.75) is 57.2 Å². The van der Waals surface area contributed by atoms with E-state index in [9.17, 15) is 27.5 Å². The number of amides is 1. The second kappa shape index (κ2) is 7.16. The molecule has 1 N–H and O–H groups in total. The van der Waals surface area contributed by atoms with E-state index in [1.807, 2.05) is 0 Å². The van der Waals surface area contributed by atoms with Gasteiger partial charge in [-0.1, -0.05) is 19.9 Å². The molecule has 2 atom stereocenters. The molecular formula is C21H22F4N2O2. The molecular weight excluding hydrogens is 388 g/mol. The number of fused-ring (bicyclic) bond motifs is 1. The van der Waals surface area contributed by atoms with Crippen molar-refractivity contribution in [3.05, 3.63) is 46.9 Å². The molecule has 0 aromatic heterocycles. The Kier molecular flexibility index (Phi) is 5.28. The molecule has 8 heteroatoms. The van der Waals surface area contributed by atoms with Gasteiger partial charge < -0.3 is 5.11 Å². The summed E-state index contributed by atoms with van der Waals surface area (Å²) in [6.45, 7) is 4.79. The number of alkyl halides is 3. The molecule has 0 bridgehead atoms. The predicted molar refractivity (Wildman–Crippen MR) is 102 cm³/mol. The smallest absolute Gasteiger partial charge is 0.380 e. The number of aryl methyl sites for hydroxylation is 1. The number of carbonyl (C=O) groups excluding carboxylic acids is 1. The highest BCUT2D eigenvalue weighted by molar-refractivity contribution is 6.02. The normalized spacial score (nSPS) is 21.5. The highest BCUT2D eigenvalue weighted by Crippen LogP contribution is 2.45. The van der Waals surface area contributed by atoms with E-state index in [1.54, 1.807) is 20.8 Å². The molecule has 0 fully saturated rings. The molecule has 1 aromatic carbocycles. The van der Waals surface area contributed by atoms with Gasteiger partial charge in [0.15, 0.2) is 5.60 Å². The number of aliphatic imine (C=N–C) groups is 2. The topological polar surface area (TPSA) is 62.0 Å². The van der Waals surface area contributed by atoms with Crippen LogP contribution in [0.2, 0.25) is 0 Å². The van der Waals surface area contributed by atoms with Gasteiger partial charge in [0.1, 0.15) is 5.82 Å². The zero-order chi connectivity index (χ0) is 21.6. The fourth-order valence-electron chi connectivity index (χ4n) is 4.13. The quantitative estimate of drug-likeness (QED) is 0.730. The summed E-state index contributed by atoms with van der Waals surface area (Å²) in [5.41, 5.74) is -2.63. The minimum Gasteiger partial charge on any atom is -0.380 e. The number of benzene rings is 1. The Hall–Kier alpha value is -2.35. The molecule has 3 rings (SSSR count). The Balaban J connectivity index is 1.91. The molecule has 0 saturated heterocycles. The van der Waals surface area contributed by atoms with Crippen LogP contribution in [0.1, 0.15) is 44.2 Å². The maximum atomic E-state index is 13.9. The number of allylic oxidation sites excluding steroid dienone is 1. The first-order valence-electron chi connectivity index (χ1n) is 9.23. The number of halogens is 4. The van der Waals surface area contributed by atoms with Crippen molar-refractivity contribution in [3.63, 3.8) is 0 Å². The van der Waals surface area contributed by atoms with Gasteiger partial charge >= 0.3 is 6.18 Å². The molecule has 2 aliphatic rings. The molecule has 0 saturated carbocycles. The van der Waals surface area contributed by atoms with Gasteiger partial charge in [-0.25, -0.2) is 9.38 Å². The van der Waals surface area contributed by atoms with Crippen molar-refractivity contribution >= 4 is 17.8 Å². The Labute approximate surface area is 166 Å². The van der Waals surface area contributed by atoms with Crippen LogP contribution in [0, 0.1) is 18.7 Å². The summed E-state index contributed by atoms with van der Waals surface area (Å²) < 4.78 is 55.5. The first-order chi connectivity index (χ1) is 13.3. The van der Waals surface area contributed by atoms with Crippen LogP contribution in [0.25, 0.3) is 0 Å². The van der Waals surface area contributed by atoms with Crippen molar-refractivity contribution in [1.29, 1.82) is 0 Å². The number of hydrogen-bond acceptors (Lipinski definition) is 3. The minimum absolute atomic E-state index is 0.161. The van der Waals surface area contributed by atoms with Crippen LogP contribution in [-0.2, 0) is 10.2 Å². The van der Waals surface area contributed by atoms with Crippen molar-refractivity contribution in [1.82, 2.24) is 0 Å². The van der Waals surface area contributed by atoms with Gasteiger partial charge in [0.25, 0.3) is 5.91 Å². The number of carbonyl (C=O) groups is 1. The summed E-state index contributed by atoms with van der Waals surface area (Å²) in [5, 5.41) is 10.7. The molecule has 0 spiro atoms. The average molecular weight is 410 g/mol. The molecule has 0 aliphatic carbocycles. The van der Waals surface area contributed by atoms with Crippen LogP contribution in [0.3, 0.4) is 0 Å². The lowest BCUT2D eigenvalue weighted by Crippen LogP contribution is -2.50. The summed E-state index contributed by atoms with van der Waals surface area (Å²) in [6, 6.07) is 3.96. The maximum absolute atomic E-state index is 13.9. The van der Waals surface area contributed by atoms with Crippen molar-refractivity contribution in [3.8, 4) is 0 Å². The third kappa shape index (κ3) is 4.32. The average Bonchev–Trinajstić information content (AvgIpc) is 2.96.